The number of rotatable bonds is 6. The predicted molar refractivity (Wildman–Crippen MR) is 101 cm³/mol. The second-order valence-corrected chi connectivity index (χ2v) is 6.93. The Morgan fingerprint density at radius 2 is 1.70 bits per heavy atom. The highest BCUT2D eigenvalue weighted by molar-refractivity contribution is 5.92. The van der Waals surface area contributed by atoms with Gasteiger partial charge in [-0.25, -0.2) is 4.79 Å². The predicted octanol–water partition coefficient (Wildman–Crippen LogP) is 3.42. The number of nitrogens with one attached hydrogen (secondary N) is 1. The van der Waals surface area contributed by atoms with Gasteiger partial charge >= 0.3 is 5.97 Å². The lowest BCUT2D eigenvalue weighted by atomic mass is 9.86. The lowest BCUT2D eigenvalue weighted by Gasteiger charge is -2.22. The molecule has 0 heterocycles. The standard InChI is InChI=1S/C21H22N2O4/c1-21(2,3)17-6-4-5-7-18(17)26-14-20(25)27-13-19(24)23-16-10-8-15(12-22)9-11-16/h4-11H,13-14H2,1-3H3,(H,23,24). The summed E-state index contributed by atoms with van der Waals surface area (Å²) >= 11 is 0. The number of benzene rings is 2. The van der Waals surface area contributed by atoms with Gasteiger partial charge < -0.3 is 14.8 Å². The van der Waals surface area contributed by atoms with E-state index in [4.69, 9.17) is 14.7 Å². The van der Waals surface area contributed by atoms with Crippen LogP contribution in [-0.2, 0) is 19.7 Å². The Labute approximate surface area is 158 Å². The highest BCUT2D eigenvalue weighted by atomic mass is 16.6. The van der Waals surface area contributed by atoms with Gasteiger partial charge in [-0.2, -0.15) is 5.26 Å². The average molecular weight is 366 g/mol. The molecule has 0 unspecified atom stereocenters. The monoisotopic (exact) mass is 366 g/mol. The van der Waals surface area contributed by atoms with Crippen molar-refractivity contribution >= 4 is 17.6 Å². The summed E-state index contributed by atoms with van der Waals surface area (Å²) in [6.07, 6.45) is 0. The van der Waals surface area contributed by atoms with Crippen LogP contribution < -0.4 is 10.1 Å². The molecule has 0 saturated heterocycles. The van der Waals surface area contributed by atoms with Crippen molar-refractivity contribution in [2.45, 2.75) is 26.2 Å². The van der Waals surface area contributed by atoms with Crippen molar-refractivity contribution in [1.82, 2.24) is 0 Å². The van der Waals surface area contributed by atoms with Crippen LogP contribution in [0.15, 0.2) is 48.5 Å². The van der Waals surface area contributed by atoms with Crippen molar-refractivity contribution in [2.24, 2.45) is 0 Å². The van der Waals surface area contributed by atoms with Crippen molar-refractivity contribution in [2.75, 3.05) is 18.5 Å². The summed E-state index contributed by atoms with van der Waals surface area (Å²) in [6, 6.07) is 15.9. The van der Waals surface area contributed by atoms with Gasteiger partial charge in [-0.15, -0.1) is 0 Å². The fraction of sp³-hybridized carbons (Fsp3) is 0.286. The number of hydrogen-bond donors (Lipinski definition) is 1. The van der Waals surface area contributed by atoms with Crippen molar-refractivity contribution < 1.29 is 19.1 Å². The molecule has 6 heteroatoms. The Morgan fingerprint density at radius 1 is 1.04 bits per heavy atom. The van der Waals surface area contributed by atoms with Crippen LogP contribution in [0.2, 0.25) is 0 Å². The molecule has 1 amide bonds. The Morgan fingerprint density at radius 3 is 2.33 bits per heavy atom. The number of esters is 1. The molecular weight excluding hydrogens is 344 g/mol. The molecule has 6 nitrogen and oxygen atoms in total. The van der Waals surface area contributed by atoms with Crippen LogP contribution in [0.25, 0.3) is 0 Å². The number of para-hydroxylation sites is 1. The van der Waals surface area contributed by atoms with Crippen LogP contribution in [0.4, 0.5) is 5.69 Å². The van der Waals surface area contributed by atoms with Crippen LogP contribution in [0.3, 0.4) is 0 Å². The maximum atomic E-state index is 11.9. The molecule has 0 aliphatic rings. The molecule has 0 spiro atoms. The first-order valence-corrected chi connectivity index (χ1v) is 8.47. The molecule has 0 atom stereocenters. The van der Waals surface area contributed by atoms with Crippen LogP contribution >= 0.6 is 0 Å². The van der Waals surface area contributed by atoms with Crippen molar-refractivity contribution in [1.29, 1.82) is 5.26 Å². The summed E-state index contributed by atoms with van der Waals surface area (Å²) in [5.74, 6) is -0.485. The summed E-state index contributed by atoms with van der Waals surface area (Å²) in [7, 11) is 0. The van der Waals surface area contributed by atoms with E-state index in [2.05, 4.69) is 26.1 Å². The minimum atomic E-state index is -0.631. The van der Waals surface area contributed by atoms with Crippen LogP contribution in [0.1, 0.15) is 31.9 Å². The van der Waals surface area contributed by atoms with Gasteiger partial charge in [-0.1, -0.05) is 39.0 Å². The van der Waals surface area contributed by atoms with Gasteiger partial charge in [0, 0.05) is 5.69 Å². The van der Waals surface area contributed by atoms with Gasteiger partial charge in [0.05, 0.1) is 11.6 Å². The third-order valence-corrected chi connectivity index (χ3v) is 3.70. The van der Waals surface area contributed by atoms with E-state index in [0.717, 1.165) is 5.56 Å². The first kappa shape index (κ1) is 20.0. The van der Waals surface area contributed by atoms with Crippen molar-refractivity contribution in [3.63, 3.8) is 0 Å². The maximum Gasteiger partial charge on any atom is 0.344 e. The summed E-state index contributed by atoms with van der Waals surface area (Å²) < 4.78 is 10.5. The number of carbonyl (C=O) groups is 2. The smallest absolute Gasteiger partial charge is 0.344 e. The highest BCUT2D eigenvalue weighted by Gasteiger charge is 2.19. The Kier molecular flexibility index (Phi) is 6.56. The topological polar surface area (TPSA) is 88.4 Å². The summed E-state index contributed by atoms with van der Waals surface area (Å²) in [6.45, 7) is 5.48. The number of ether oxygens (including phenoxy) is 2. The third kappa shape index (κ3) is 6.15. The second kappa shape index (κ2) is 8.86. The van der Waals surface area contributed by atoms with Crippen molar-refractivity contribution in [3.8, 4) is 11.8 Å². The van der Waals surface area contributed by atoms with E-state index in [1.54, 1.807) is 30.3 Å². The largest absolute Gasteiger partial charge is 0.482 e. The maximum absolute atomic E-state index is 11.9. The Hall–Kier alpha value is -3.33. The molecule has 0 saturated carbocycles. The Balaban J connectivity index is 1.81. The molecular formula is C21H22N2O4. The fourth-order valence-electron chi connectivity index (χ4n) is 2.36. The highest BCUT2D eigenvalue weighted by Crippen LogP contribution is 2.30. The molecule has 140 valence electrons. The third-order valence-electron chi connectivity index (χ3n) is 3.70. The van der Waals surface area contributed by atoms with Gasteiger partial charge in [0.25, 0.3) is 5.91 Å². The lowest BCUT2D eigenvalue weighted by Crippen LogP contribution is -2.24. The van der Waals surface area contributed by atoms with E-state index < -0.39 is 18.5 Å². The molecule has 0 bridgehead atoms. The van der Waals surface area contributed by atoms with Gasteiger partial charge in [0.1, 0.15) is 5.75 Å². The quantitative estimate of drug-likeness (QED) is 0.792. The molecule has 2 aromatic rings. The van der Waals surface area contributed by atoms with Crippen molar-refractivity contribution in [3.05, 3.63) is 59.7 Å². The summed E-state index contributed by atoms with van der Waals surface area (Å²) in [5.41, 5.74) is 1.87. The van der Waals surface area contributed by atoms with Gasteiger partial charge in [-0.05, 0) is 41.3 Å². The SMILES string of the molecule is CC(C)(C)c1ccccc1OCC(=O)OCC(=O)Nc1ccc(C#N)cc1. The summed E-state index contributed by atoms with van der Waals surface area (Å²) in [5, 5.41) is 11.3. The van der Waals surface area contributed by atoms with E-state index in [1.807, 2.05) is 24.3 Å². The zero-order valence-corrected chi connectivity index (χ0v) is 15.6. The van der Waals surface area contributed by atoms with Gasteiger partial charge in [0.15, 0.2) is 13.2 Å². The number of hydrogen-bond acceptors (Lipinski definition) is 5. The van der Waals surface area contributed by atoms with Crippen LogP contribution in [0.5, 0.6) is 5.75 Å². The van der Waals surface area contributed by atoms with E-state index >= 15 is 0 Å². The zero-order valence-electron chi connectivity index (χ0n) is 15.6. The van der Waals surface area contributed by atoms with E-state index in [-0.39, 0.29) is 12.0 Å². The first-order valence-electron chi connectivity index (χ1n) is 8.47. The normalized spacial score (nSPS) is 10.6. The van der Waals surface area contributed by atoms with Gasteiger partial charge in [0.2, 0.25) is 0 Å². The first-order chi connectivity index (χ1) is 12.8. The van der Waals surface area contributed by atoms with E-state index in [0.29, 0.717) is 17.0 Å². The molecule has 27 heavy (non-hydrogen) atoms. The molecule has 0 aliphatic carbocycles. The van der Waals surface area contributed by atoms with E-state index in [9.17, 15) is 9.59 Å². The molecule has 1 N–H and O–H groups in total. The molecule has 2 rings (SSSR count). The van der Waals surface area contributed by atoms with Crippen LogP contribution in [0, 0.1) is 11.3 Å². The summed E-state index contributed by atoms with van der Waals surface area (Å²) in [4.78, 5) is 23.7. The number of carbonyl (C=O) groups excluding carboxylic acids is 2. The fourth-order valence-corrected chi connectivity index (χ4v) is 2.36. The molecule has 2 aromatic carbocycles. The number of nitriles is 1. The molecule has 0 aromatic heterocycles. The molecule has 0 fully saturated rings. The minimum Gasteiger partial charge on any atom is -0.482 e. The number of amides is 1. The van der Waals surface area contributed by atoms with Gasteiger partial charge in [-0.3, -0.25) is 4.79 Å². The Bertz CT molecular complexity index is 846. The molecule has 0 radical (unpaired) electrons. The minimum absolute atomic E-state index is 0.124. The average Bonchev–Trinajstić information content (AvgIpc) is 2.65. The molecule has 0 aliphatic heterocycles. The number of anilines is 1. The van der Waals surface area contributed by atoms with Crippen LogP contribution in [-0.4, -0.2) is 25.1 Å². The lowest BCUT2D eigenvalue weighted by molar-refractivity contribution is -0.149. The van der Waals surface area contributed by atoms with E-state index in [1.165, 1.54) is 0 Å². The number of nitrogens with zero attached hydrogens (tertiary/aromatic N) is 1. The zero-order chi connectivity index (χ0) is 19.9. The second-order valence-electron chi connectivity index (χ2n) is 6.93.